The summed E-state index contributed by atoms with van der Waals surface area (Å²) in [5, 5.41) is 5.40. The van der Waals surface area contributed by atoms with Crippen molar-refractivity contribution in [2.75, 3.05) is 11.9 Å². The van der Waals surface area contributed by atoms with Crippen LogP contribution in [0.25, 0.3) is 0 Å². The number of fused-ring (bicyclic) bond motifs is 1. The van der Waals surface area contributed by atoms with Gasteiger partial charge in [-0.05, 0) is 44.0 Å². The number of hydrogen-bond donors (Lipinski definition) is 2. The Hall–Kier alpha value is -3.02. The van der Waals surface area contributed by atoms with Crippen LogP contribution in [0.1, 0.15) is 41.6 Å². The molecular weight excluding hydrogens is 344 g/mol. The maximum absolute atomic E-state index is 12.2. The maximum Gasteiger partial charge on any atom is 0.251 e. The predicted octanol–water partition coefficient (Wildman–Crippen LogP) is 3.41. The van der Waals surface area contributed by atoms with E-state index in [0.29, 0.717) is 22.7 Å². The molecule has 1 saturated carbocycles. The van der Waals surface area contributed by atoms with E-state index in [1.807, 2.05) is 25.1 Å². The van der Waals surface area contributed by atoms with Gasteiger partial charge in [-0.25, -0.2) is 0 Å². The van der Waals surface area contributed by atoms with E-state index in [4.69, 9.17) is 9.47 Å². The minimum absolute atomic E-state index is 0.106. The number of hydrogen-bond acceptors (Lipinski definition) is 4. The SMILES string of the molecule is Cc1ccc(C(=O)NCC(=O)Nc2ccc3c(c2)OC2(CCCC2)O3)cc1. The van der Waals surface area contributed by atoms with Gasteiger partial charge in [0.2, 0.25) is 5.91 Å². The zero-order valence-corrected chi connectivity index (χ0v) is 15.2. The van der Waals surface area contributed by atoms with Crippen LogP contribution in [0.5, 0.6) is 11.5 Å². The zero-order valence-electron chi connectivity index (χ0n) is 15.2. The molecule has 0 atom stereocenters. The fourth-order valence-electron chi connectivity index (χ4n) is 3.46. The Morgan fingerprint density at radius 1 is 1.00 bits per heavy atom. The van der Waals surface area contributed by atoms with Crippen molar-refractivity contribution >= 4 is 17.5 Å². The summed E-state index contributed by atoms with van der Waals surface area (Å²) in [5.41, 5.74) is 2.21. The fraction of sp³-hybridized carbons (Fsp3) is 0.333. The van der Waals surface area contributed by atoms with Crippen molar-refractivity contribution in [1.82, 2.24) is 5.32 Å². The molecule has 0 unspecified atom stereocenters. The topological polar surface area (TPSA) is 76.7 Å². The molecule has 140 valence electrons. The molecule has 2 aliphatic rings. The van der Waals surface area contributed by atoms with Crippen LogP contribution in [0.2, 0.25) is 0 Å². The number of nitrogens with one attached hydrogen (secondary N) is 2. The van der Waals surface area contributed by atoms with Gasteiger partial charge in [0.1, 0.15) is 0 Å². The Bertz CT molecular complexity index is 870. The van der Waals surface area contributed by atoms with Gasteiger partial charge in [-0.2, -0.15) is 0 Å². The zero-order chi connectivity index (χ0) is 18.9. The summed E-state index contributed by atoms with van der Waals surface area (Å²) in [7, 11) is 0. The van der Waals surface area contributed by atoms with Crippen molar-refractivity contribution < 1.29 is 19.1 Å². The Kier molecular flexibility index (Phi) is 4.48. The van der Waals surface area contributed by atoms with Gasteiger partial charge in [0.15, 0.2) is 11.5 Å². The quantitative estimate of drug-likeness (QED) is 0.869. The van der Waals surface area contributed by atoms with Gasteiger partial charge in [0, 0.05) is 30.2 Å². The first-order valence-electron chi connectivity index (χ1n) is 9.20. The molecule has 2 amide bonds. The Morgan fingerprint density at radius 3 is 2.44 bits per heavy atom. The molecule has 6 heteroatoms. The molecule has 2 aromatic carbocycles. The second-order valence-electron chi connectivity index (χ2n) is 7.08. The van der Waals surface area contributed by atoms with Crippen LogP contribution in [-0.2, 0) is 4.79 Å². The first-order valence-corrected chi connectivity index (χ1v) is 9.20. The van der Waals surface area contributed by atoms with Crippen LogP contribution >= 0.6 is 0 Å². The Labute approximate surface area is 157 Å². The molecule has 1 aliphatic heterocycles. The molecule has 0 aromatic heterocycles. The van der Waals surface area contributed by atoms with E-state index in [1.54, 1.807) is 24.3 Å². The molecule has 27 heavy (non-hydrogen) atoms. The van der Waals surface area contributed by atoms with Crippen LogP contribution in [0, 0.1) is 6.92 Å². The summed E-state index contributed by atoms with van der Waals surface area (Å²) in [6, 6.07) is 12.5. The van der Waals surface area contributed by atoms with Gasteiger partial charge in [0.25, 0.3) is 11.7 Å². The highest BCUT2D eigenvalue weighted by Gasteiger charge is 2.44. The largest absolute Gasteiger partial charge is 0.448 e. The third kappa shape index (κ3) is 3.74. The van der Waals surface area contributed by atoms with Gasteiger partial charge < -0.3 is 20.1 Å². The standard InChI is InChI=1S/C21H22N2O4/c1-14-4-6-15(7-5-14)20(25)22-13-19(24)23-16-8-9-17-18(12-16)27-21(26-17)10-2-3-11-21/h4-9,12H,2-3,10-11,13H2,1H3,(H,22,25)(H,23,24). The predicted molar refractivity (Wildman–Crippen MR) is 101 cm³/mol. The van der Waals surface area contributed by atoms with Gasteiger partial charge >= 0.3 is 0 Å². The van der Waals surface area contributed by atoms with E-state index in [2.05, 4.69) is 10.6 Å². The number of anilines is 1. The summed E-state index contributed by atoms with van der Waals surface area (Å²) < 4.78 is 12.0. The summed E-state index contributed by atoms with van der Waals surface area (Å²) in [5.74, 6) is 0.261. The third-order valence-corrected chi connectivity index (χ3v) is 4.91. The second-order valence-corrected chi connectivity index (χ2v) is 7.08. The normalized spacial score (nSPS) is 16.3. The first kappa shape index (κ1) is 17.4. The van der Waals surface area contributed by atoms with Crippen molar-refractivity contribution in [2.45, 2.75) is 38.4 Å². The number of ether oxygens (including phenoxy) is 2. The number of carbonyl (C=O) groups excluding carboxylic acids is 2. The van der Waals surface area contributed by atoms with E-state index in [1.165, 1.54) is 0 Å². The highest BCUT2D eigenvalue weighted by Crippen LogP contribution is 2.47. The molecule has 0 radical (unpaired) electrons. The highest BCUT2D eigenvalue weighted by atomic mass is 16.7. The molecule has 2 aromatic rings. The molecule has 0 saturated heterocycles. The molecule has 1 spiro atoms. The fourth-order valence-corrected chi connectivity index (χ4v) is 3.46. The summed E-state index contributed by atoms with van der Waals surface area (Å²) >= 11 is 0. The monoisotopic (exact) mass is 366 g/mol. The van der Waals surface area contributed by atoms with Crippen molar-refractivity contribution in [2.24, 2.45) is 0 Å². The van der Waals surface area contributed by atoms with Crippen LogP contribution in [0.15, 0.2) is 42.5 Å². The van der Waals surface area contributed by atoms with Crippen molar-refractivity contribution in [1.29, 1.82) is 0 Å². The van der Waals surface area contributed by atoms with Crippen molar-refractivity contribution in [3.05, 3.63) is 53.6 Å². The first-order chi connectivity index (χ1) is 13.0. The molecule has 6 nitrogen and oxygen atoms in total. The van der Waals surface area contributed by atoms with E-state index >= 15 is 0 Å². The Balaban J connectivity index is 1.33. The van der Waals surface area contributed by atoms with Gasteiger partial charge in [-0.3, -0.25) is 9.59 Å². The summed E-state index contributed by atoms with van der Waals surface area (Å²) in [6.07, 6.45) is 3.96. The van der Waals surface area contributed by atoms with E-state index in [9.17, 15) is 9.59 Å². The number of rotatable bonds is 4. The number of benzene rings is 2. The summed E-state index contributed by atoms with van der Waals surface area (Å²) in [6.45, 7) is 1.85. The van der Waals surface area contributed by atoms with E-state index in [0.717, 1.165) is 31.2 Å². The average Bonchev–Trinajstić information content (AvgIpc) is 3.26. The second kappa shape index (κ2) is 6.95. The van der Waals surface area contributed by atoms with Crippen LogP contribution < -0.4 is 20.1 Å². The molecule has 1 fully saturated rings. The third-order valence-electron chi connectivity index (χ3n) is 4.91. The molecule has 0 bridgehead atoms. The van der Waals surface area contributed by atoms with Gasteiger partial charge in [-0.15, -0.1) is 0 Å². The molecule has 2 N–H and O–H groups in total. The Morgan fingerprint density at radius 2 is 1.70 bits per heavy atom. The number of aryl methyl sites for hydroxylation is 1. The molecule has 1 heterocycles. The minimum atomic E-state index is -0.521. The van der Waals surface area contributed by atoms with Crippen LogP contribution in [0.3, 0.4) is 0 Å². The van der Waals surface area contributed by atoms with Crippen molar-refractivity contribution in [3.63, 3.8) is 0 Å². The van der Waals surface area contributed by atoms with E-state index < -0.39 is 5.79 Å². The number of amides is 2. The van der Waals surface area contributed by atoms with E-state index in [-0.39, 0.29) is 18.4 Å². The van der Waals surface area contributed by atoms with Crippen molar-refractivity contribution in [3.8, 4) is 11.5 Å². The lowest BCUT2D eigenvalue weighted by molar-refractivity contribution is -0.115. The van der Waals surface area contributed by atoms with Crippen LogP contribution in [-0.4, -0.2) is 24.1 Å². The summed E-state index contributed by atoms with van der Waals surface area (Å²) in [4.78, 5) is 24.2. The lowest BCUT2D eigenvalue weighted by Gasteiger charge is -2.21. The maximum atomic E-state index is 12.2. The molecule has 1 aliphatic carbocycles. The minimum Gasteiger partial charge on any atom is -0.448 e. The lowest BCUT2D eigenvalue weighted by Crippen LogP contribution is -2.34. The average molecular weight is 366 g/mol. The molecule has 4 rings (SSSR count). The smallest absolute Gasteiger partial charge is 0.251 e. The molecular formula is C21H22N2O4. The lowest BCUT2D eigenvalue weighted by atomic mass is 10.1. The van der Waals surface area contributed by atoms with Gasteiger partial charge in [0.05, 0.1) is 6.54 Å². The van der Waals surface area contributed by atoms with Gasteiger partial charge in [-0.1, -0.05) is 17.7 Å². The number of carbonyl (C=O) groups is 2. The highest BCUT2D eigenvalue weighted by molar-refractivity contribution is 5.99. The van der Waals surface area contributed by atoms with Crippen LogP contribution in [0.4, 0.5) is 5.69 Å².